The third-order valence-corrected chi connectivity index (χ3v) is 4.77. The second-order valence-electron chi connectivity index (χ2n) is 6.75. The second-order valence-corrected chi connectivity index (χ2v) is 6.75. The number of aromatic nitrogens is 1. The molecule has 3 rings (SSSR count). The first kappa shape index (κ1) is 17.4. The molecule has 2 aromatic rings. The number of rotatable bonds is 4. The lowest BCUT2D eigenvalue weighted by Gasteiger charge is -2.27. The van der Waals surface area contributed by atoms with Gasteiger partial charge in [0.15, 0.2) is 0 Å². The summed E-state index contributed by atoms with van der Waals surface area (Å²) in [5.74, 6) is 1.44. The quantitative estimate of drug-likeness (QED) is 0.889. The van der Waals surface area contributed by atoms with E-state index >= 15 is 0 Å². The van der Waals surface area contributed by atoms with Crippen LogP contribution in [0.4, 0.5) is 5.69 Å². The molecule has 0 bridgehead atoms. The lowest BCUT2D eigenvalue weighted by atomic mass is 9.92. The highest BCUT2D eigenvalue weighted by Gasteiger charge is 2.24. The van der Waals surface area contributed by atoms with Gasteiger partial charge in [0.2, 0.25) is 11.8 Å². The number of nitrogens with zero attached hydrogens (tertiary/aromatic N) is 1. The minimum atomic E-state index is 0.0575. The van der Waals surface area contributed by atoms with Crippen molar-refractivity contribution in [2.75, 3.05) is 11.9 Å². The number of benzene rings is 1. The fraction of sp³-hybridized carbons (Fsp3) is 0.400. The molecule has 0 spiro atoms. The Morgan fingerprint density at radius 3 is 2.84 bits per heavy atom. The van der Waals surface area contributed by atoms with Crippen molar-refractivity contribution in [1.82, 2.24) is 10.3 Å². The minimum absolute atomic E-state index is 0.0575. The van der Waals surface area contributed by atoms with Gasteiger partial charge in [-0.1, -0.05) is 12.1 Å². The van der Waals surface area contributed by atoms with Gasteiger partial charge >= 0.3 is 0 Å². The van der Waals surface area contributed by atoms with Gasteiger partial charge in [-0.2, -0.15) is 0 Å². The van der Waals surface area contributed by atoms with E-state index in [2.05, 4.69) is 35.5 Å². The van der Waals surface area contributed by atoms with Gasteiger partial charge in [0, 0.05) is 18.0 Å². The minimum Gasteiger partial charge on any atom is -0.439 e. The monoisotopic (exact) mass is 339 g/mol. The molecule has 0 aliphatic carbocycles. The summed E-state index contributed by atoms with van der Waals surface area (Å²) in [5.41, 5.74) is 2.98. The van der Waals surface area contributed by atoms with Crippen LogP contribution in [0.25, 0.3) is 0 Å². The third kappa shape index (κ3) is 4.37. The Hall–Kier alpha value is -2.40. The average Bonchev–Trinajstić information content (AvgIpc) is 2.60. The maximum Gasteiger partial charge on any atom is 0.227 e. The zero-order chi connectivity index (χ0) is 17.8. The van der Waals surface area contributed by atoms with Gasteiger partial charge in [-0.05, 0) is 63.4 Å². The first-order chi connectivity index (χ1) is 12.0. The first-order valence-corrected chi connectivity index (χ1v) is 8.77. The number of carbonyl (C=O) groups excluding carboxylic acids is 1. The molecule has 1 aliphatic heterocycles. The molecule has 132 valence electrons. The van der Waals surface area contributed by atoms with Crippen LogP contribution in [0, 0.1) is 19.8 Å². The van der Waals surface area contributed by atoms with Gasteiger partial charge in [0.25, 0.3) is 0 Å². The highest BCUT2D eigenvalue weighted by Crippen LogP contribution is 2.26. The Labute approximate surface area is 148 Å². The van der Waals surface area contributed by atoms with Crippen LogP contribution >= 0.6 is 0 Å². The predicted molar refractivity (Wildman–Crippen MR) is 99.0 cm³/mol. The molecule has 1 aliphatic rings. The summed E-state index contributed by atoms with van der Waals surface area (Å²) in [7, 11) is 0. The van der Waals surface area contributed by atoms with E-state index in [0.29, 0.717) is 17.6 Å². The maximum atomic E-state index is 12.4. The normalized spacial score (nSPS) is 20.1. The van der Waals surface area contributed by atoms with Gasteiger partial charge in [0.1, 0.15) is 5.75 Å². The molecule has 1 aromatic heterocycles. The van der Waals surface area contributed by atoms with Crippen LogP contribution in [-0.2, 0) is 4.79 Å². The molecule has 2 N–H and O–H groups in total. The van der Waals surface area contributed by atoms with E-state index in [1.54, 1.807) is 12.3 Å². The predicted octanol–water partition coefficient (Wildman–Crippen LogP) is 3.82. The standard InChI is InChI=1S/C20H25N3O2/c1-13-5-4-6-18(15(13)3)25-19-8-7-17(12-22-19)23-20(24)16-9-10-21-14(2)11-16/h4-8,12,14,16,21H,9-11H2,1-3H3,(H,23,24)/t14-,16-/m0/s1. The summed E-state index contributed by atoms with van der Waals surface area (Å²) < 4.78 is 5.85. The van der Waals surface area contributed by atoms with Crippen molar-refractivity contribution >= 4 is 11.6 Å². The van der Waals surface area contributed by atoms with Crippen LogP contribution in [0.5, 0.6) is 11.6 Å². The van der Waals surface area contributed by atoms with Crippen molar-refractivity contribution in [3.63, 3.8) is 0 Å². The van der Waals surface area contributed by atoms with Crippen molar-refractivity contribution in [2.45, 2.75) is 39.7 Å². The lowest BCUT2D eigenvalue weighted by molar-refractivity contribution is -0.120. The number of piperidine rings is 1. The zero-order valence-corrected chi connectivity index (χ0v) is 15.0. The summed E-state index contributed by atoms with van der Waals surface area (Å²) in [6.45, 7) is 7.08. The molecule has 2 heterocycles. The number of pyridine rings is 1. The molecular weight excluding hydrogens is 314 g/mol. The molecular formula is C20H25N3O2. The van der Waals surface area contributed by atoms with E-state index < -0.39 is 0 Å². The molecule has 1 amide bonds. The Morgan fingerprint density at radius 2 is 2.12 bits per heavy atom. The molecule has 1 aromatic carbocycles. The number of amides is 1. The fourth-order valence-electron chi connectivity index (χ4n) is 3.08. The molecule has 25 heavy (non-hydrogen) atoms. The van der Waals surface area contributed by atoms with E-state index in [4.69, 9.17) is 4.74 Å². The molecule has 1 saturated heterocycles. The van der Waals surface area contributed by atoms with Crippen LogP contribution in [-0.4, -0.2) is 23.5 Å². The number of hydrogen-bond acceptors (Lipinski definition) is 4. The summed E-state index contributed by atoms with van der Waals surface area (Å²) >= 11 is 0. The Bertz CT molecular complexity index is 743. The number of anilines is 1. The molecule has 2 atom stereocenters. The van der Waals surface area contributed by atoms with E-state index in [-0.39, 0.29) is 11.8 Å². The molecule has 1 fully saturated rings. The largest absolute Gasteiger partial charge is 0.439 e. The molecule has 5 nitrogen and oxygen atoms in total. The number of hydrogen-bond donors (Lipinski definition) is 2. The van der Waals surface area contributed by atoms with E-state index in [1.165, 1.54) is 5.56 Å². The van der Waals surface area contributed by atoms with Crippen LogP contribution in [0.2, 0.25) is 0 Å². The lowest BCUT2D eigenvalue weighted by Crippen LogP contribution is -2.40. The zero-order valence-electron chi connectivity index (χ0n) is 15.0. The number of ether oxygens (including phenoxy) is 1. The fourth-order valence-corrected chi connectivity index (χ4v) is 3.08. The van der Waals surface area contributed by atoms with Crippen LogP contribution < -0.4 is 15.4 Å². The summed E-state index contributed by atoms with van der Waals surface area (Å²) in [6.07, 6.45) is 3.38. The summed E-state index contributed by atoms with van der Waals surface area (Å²) in [5, 5.41) is 6.32. The SMILES string of the molecule is Cc1cccc(Oc2ccc(NC(=O)[C@H]3CCN[C@@H](C)C3)cn2)c1C. The molecule has 0 unspecified atom stereocenters. The smallest absolute Gasteiger partial charge is 0.227 e. The molecule has 0 saturated carbocycles. The van der Waals surface area contributed by atoms with Crippen LogP contribution in [0.1, 0.15) is 30.9 Å². The van der Waals surface area contributed by atoms with Crippen LogP contribution in [0.15, 0.2) is 36.5 Å². The highest BCUT2D eigenvalue weighted by molar-refractivity contribution is 5.92. The third-order valence-electron chi connectivity index (χ3n) is 4.77. The second kappa shape index (κ2) is 7.66. The Balaban J connectivity index is 1.62. The summed E-state index contributed by atoms with van der Waals surface area (Å²) in [4.78, 5) is 16.7. The number of aryl methyl sites for hydroxylation is 1. The van der Waals surface area contributed by atoms with Gasteiger partial charge in [-0.25, -0.2) is 4.98 Å². The Kier molecular flexibility index (Phi) is 5.34. The van der Waals surface area contributed by atoms with Crippen LogP contribution in [0.3, 0.4) is 0 Å². The van der Waals surface area contributed by atoms with E-state index in [9.17, 15) is 4.79 Å². The van der Waals surface area contributed by atoms with Gasteiger partial charge < -0.3 is 15.4 Å². The maximum absolute atomic E-state index is 12.4. The first-order valence-electron chi connectivity index (χ1n) is 8.77. The van der Waals surface area contributed by atoms with Gasteiger partial charge in [0.05, 0.1) is 11.9 Å². The average molecular weight is 339 g/mol. The topological polar surface area (TPSA) is 63.2 Å². The van der Waals surface area contributed by atoms with Crippen molar-refractivity contribution in [3.8, 4) is 11.6 Å². The van der Waals surface area contributed by atoms with Crippen molar-refractivity contribution in [1.29, 1.82) is 0 Å². The van der Waals surface area contributed by atoms with Gasteiger partial charge in [-0.3, -0.25) is 4.79 Å². The van der Waals surface area contributed by atoms with Crippen molar-refractivity contribution in [3.05, 3.63) is 47.7 Å². The molecule has 0 radical (unpaired) electrons. The van der Waals surface area contributed by atoms with Crippen molar-refractivity contribution < 1.29 is 9.53 Å². The Morgan fingerprint density at radius 1 is 1.28 bits per heavy atom. The summed E-state index contributed by atoms with van der Waals surface area (Å²) in [6, 6.07) is 9.94. The highest BCUT2D eigenvalue weighted by atomic mass is 16.5. The van der Waals surface area contributed by atoms with E-state index in [1.807, 2.05) is 25.1 Å². The number of carbonyl (C=O) groups is 1. The van der Waals surface area contributed by atoms with E-state index in [0.717, 1.165) is 30.7 Å². The molecule has 5 heteroatoms. The van der Waals surface area contributed by atoms with Crippen molar-refractivity contribution in [2.24, 2.45) is 5.92 Å². The van der Waals surface area contributed by atoms with Gasteiger partial charge in [-0.15, -0.1) is 0 Å². The number of nitrogens with one attached hydrogen (secondary N) is 2.